The summed E-state index contributed by atoms with van der Waals surface area (Å²) in [4.78, 5) is 29.0. The summed E-state index contributed by atoms with van der Waals surface area (Å²) in [5.41, 5.74) is 5.27. The fraction of sp³-hybridized carbons (Fsp3) is 0.259. The summed E-state index contributed by atoms with van der Waals surface area (Å²) in [6.07, 6.45) is 7.75. The summed E-state index contributed by atoms with van der Waals surface area (Å²) in [6.45, 7) is 0.712. The molecule has 0 aliphatic carbocycles. The van der Waals surface area contributed by atoms with E-state index in [2.05, 4.69) is 9.97 Å². The number of ether oxygens (including phenoxy) is 1. The van der Waals surface area contributed by atoms with Gasteiger partial charge in [-0.15, -0.1) is 0 Å². The molecule has 4 aromatic rings. The molecule has 0 unspecified atom stereocenters. The standard InChI is InChI=1S/C27H27N5O2/c1-31-18-28-17-25(31)23-9-5-8-22(30-23)24-10-6-14-32(24)27(33)20-12-13-21(29-16-20)15-19-7-3-4-11-26(19)34-2/h3-5,7-9,11-13,16-18,24H,6,10,14-15H2,1-2H3/t24-/m0/s1. The predicted octanol–water partition coefficient (Wildman–Crippen LogP) is 4.45. The van der Waals surface area contributed by atoms with Crippen LogP contribution >= 0.6 is 0 Å². The molecule has 3 aromatic heterocycles. The van der Waals surface area contributed by atoms with Gasteiger partial charge in [0.15, 0.2) is 0 Å². The molecule has 0 saturated carbocycles. The lowest BCUT2D eigenvalue weighted by molar-refractivity contribution is 0.0732. The molecule has 5 rings (SSSR count). The summed E-state index contributed by atoms with van der Waals surface area (Å²) in [5.74, 6) is 0.830. The minimum Gasteiger partial charge on any atom is -0.496 e. The lowest BCUT2D eigenvalue weighted by Crippen LogP contribution is -2.31. The molecular weight excluding hydrogens is 426 g/mol. The van der Waals surface area contributed by atoms with E-state index >= 15 is 0 Å². The van der Waals surface area contributed by atoms with Crippen LogP contribution in [0.1, 0.15) is 46.2 Å². The number of aromatic nitrogens is 4. The molecular formula is C27H27N5O2. The third-order valence-corrected chi connectivity index (χ3v) is 6.34. The molecule has 0 radical (unpaired) electrons. The van der Waals surface area contributed by atoms with Crippen molar-refractivity contribution < 1.29 is 9.53 Å². The van der Waals surface area contributed by atoms with Crippen molar-refractivity contribution >= 4 is 5.91 Å². The molecule has 7 nitrogen and oxygen atoms in total. The van der Waals surface area contributed by atoms with Gasteiger partial charge in [0.05, 0.1) is 48.3 Å². The van der Waals surface area contributed by atoms with Crippen LogP contribution in [0.3, 0.4) is 0 Å². The highest BCUT2D eigenvalue weighted by Gasteiger charge is 2.32. The number of para-hydroxylation sites is 1. The molecule has 0 N–H and O–H groups in total. The SMILES string of the molecule is COc1ccccc1Cc1ccc(C(=O)N2CCC[C@H]2c2cccc(-c3cncn3C)n2)cn1. The minimum absolute atomic E-state index is 0.00780. The lowest BCUT2D eigenvalue weighted by atomic mass is 10.1. The maximum atomic E-state index is 13.4. The fourth-order valence-corrected chi connectivity index (χ4v) is 4.57. The summed E-state index contributed by atoms with van der Waals surface area (Å²) >= 11 is 0. The van der Waals surface area contributed by atoms with Crippen molar-refractivity contribution in [1.29, 1.82) is 0 Å². The Morgan fingerprint density at radius 3 is 2.74 bits per heavy atom. The van der Waals surface area contributed by atoms with Gasteiger partial charge in [-0.2, -0.15) is 0 Å². The maximum Gasteiger partial charge on any atom is 0.255 e. The fourth-order valence-electron chi connectivity index (χ4n) is 4.57. The maximum absolute atomic E-state index is 13.4. The first kappa shape index (κ1) is 21.8. The Hall–Kier alpha value is -4.00. The van der Waals surface area contributed by atoms with Crippen LogP contribution in [0.2, 0.25) is 0 Å². The van der Waals surface area contributed by atoms with Crippen molar-refractivity contribution in [2.24, 2.45) is 7.05 Å². The molecule has 1 saturated heterocycles. The topological polar surface area (TPSA) is 73.1 Å². The number of carbonyl (C=O) groups is 1. The quantitative estimate of drug-likeness (QED) is 0.431. The summed E-state index contributed by atoms with van der Waals surface area (Å²) < 4.78 is 7.39. The lowest BCUT2D eigenvalue weighted by Gasteiger charge is -2.24. The van der Waals surface area contributed by atoms with E-state index in [1.54, 1.807) is 19.6 Å². The van der Waals surface area contributed by atoms with E-state index in [1.165, 1.54) is 0 Å². The van der Waals surface area contributed by atoms with Crippen LogP contribution in [0.4, 0.5) is 0 Å². The first-order chi connectivity index (χ1) is 16.6. The molecule has 4 heterocycles. The van der Waals surface area contributed by atoms with E-state index in [1.807, 2.05) is 77.3 Å². The van der Waals surface area contributed by atoms with Crippen molar-refractivity contribution in [2.45, 2.75) is 25.3 Å². The van der Waals surface area contributed by atoms with E-state index in [4.69, 9.17) is 9.72 Å². The van der Waals surface area contributed by atoms with E-state index in [9.17, 15) is 4.79 Å². The normalized spacial score (nSPS) is 15.5. The van der Waals surface area contributed by atoms with Crippen molar-refractivity contribution in [3.05, 3.63) is 95.8 Å². The molecule has 34 heavy (non-hydrogen) atoms. The second-order valence-corrected chi connectivity index (χ2v) is 8.52. The number of carbonyl (C=O) groups excluding carboxylic acids is 1. The van der Waals surface area contributed by atoms with Crippen LogP contribution in [-0.2, 0) is 13.5 Å². The van der Waals surface area contributed by atoms with E-state index < -0.39 is 0 Å². The van der Waals surface area contributed by atoms with Gasteiger partial charge in [-0.1, -0.05) is 24.3 Å². The Kier molecular flexibility index (Phi) is 6.08. The van der Waals surface area contributed by atoms with Crippen LogP contribution in [0, 0.1) is 0 Å². The van der Waals surface area contributed by atoms with E-state index in [0.717, 1.165) is 46.9 Å². The molecule has 0 spiro atoms. The molecule has 1 amide bonds. The van der Waals surface area contributed by atoms with Gasteiger partial charge < -0.3 is 14.2 Å². The van der Waals surface area contributed by atoms with Gasteiger partial charge in [0.25, 0.3) is 5.91 Å². The van der Waals surface area contributed by atoms with E-state index in [-0.39, 0.29) is 11.9 Å². The van der Waals surface area contributed by atoms with Gasteiger partial charge >= 0.3 is 0 Å². The third-order valence-electron chi connectivity index (χ3n) is 6.34. The molecule has 1 aromatic carbocycles. The van der Waals surface area contributed by atoms with Crippen molar-refractivity contribution in [2.75, 3.05) is 13.7 Å². The van der Waals surface area contributed by atoms with Crippen LogP contribution in [0.5, 0.6) is 5.75 Å². The van der Waals surface area contributed by atoms with Gasteiger partial charge in [-0.05, 0) is 43.2 Å². The summed E-state index contributed by atoms with van der Waals surface area (Å²) in [6, 6.07) is 17.6. The average molecular weight is 454 g/mol. The zero-order chi connectivity index (χ0) is 23.5. The number of benzene rings is 1. The molecule has 1 aliphatic heterocycles. The molecule has 0 bridgehead atoms. The van der Waals surface area contributed by atoms with Crippen molar-refractivity contribution in [3.63, 3.8) is 0 Å². The molecule has 172 valence electrons. The molecule has 1 fully saturated rings. The zero-order valence-corrected chi connectivity index (χ0v) is 19.4. The number of pyridine rings is 2. The first-order valence-corrected chi connectivity index (χ1v) is 11.5. The number of hydrogen-bond acceptors (Lipinski definition) is 5. The Labute approximate surface area is 199 Å². The zero-order valence-electron chi connectivity index (χ0n) is 19.4. The number of aryl methyl sites for hydroxylation is 1. The highest BCUT2D eigenvalue weighted by molar-refractivity contribution is 5.94. The average Bonchev–Trinajstić information content (AvgIpc) is 3.54. The van der Waals surface area contributed by atoms with Gasteiger partial charge in [0.2, 0.25) is 0 Å². The number of rotatable bonds is 6. The van der Waals surface area contributed by atoms with Crippen LogP contribution in [-0.4, -0.2) is 44.0 Å². The monoisotopic (exact) mass is 453 g/mol. The first-order valence-electron chi connectivity index (χ1n) is 11.5. The predicted molar refractivity (Wildman–Crippen MR) is 129 cm³/mol. The van der Waals surface area contributed by atoms with Crippen LogP contribution < -0.4 is 4.74 Å². The Balaban J connectivity index is 1.34. The van der Waals surface area contributed by atoms with Gasteiger partial charge in [-0.3, -0.25) is 9.78 Å². The molecule has 7 heteroatoms. The Bertz CT molecular complexity index is 1300. The third kappa shape index (κ3) is 4.29. The number of methoxy groups -OCH3 is 1. The number of amides is 1. The second kappa shape index (κ2) is 9.47. The summed E-state index contributed by atoms with van der Waals surface area (Å²) in [7, 11) is 3.62. The molecule has 1 aliphatic rings. The van der Waals surface area contributed by atoms with Crippen molar-refractivity contribution in [3.8, 4) is 17.1 Å². The van der Waals surface area contributed by atoms with Gasteiger partial charge in [-0.25, -0.2) is 9.97 Å². The number of likely N-dealkylation sites (tertiary alicyclic amines) is 1. The Morgan fingerprint density at radius 2 is 1.97 bits per heavy atom. The number of imidazole rings is 1. The van der Waals surface area contributed by atoms with Crippen LogP contribution in [0.25, 0.3) is 11.4 Å². The van der Waals surface area contributed by atoms with Gasteiger partial charge in [0.1, 0.15) is 5.75 Å². The summed E-state index contributed by atoms with van der Waals surface area (Å²) in [5, 5.41) is 0. The van der Waals surface area contributed by atoms with E-state index in [0.29, 0.717) is 18.5 Å². The van der Waals surface area contributed by atoms with Gasteiger partial charge in [0, 0.05) is 37.5 Å². The second-order valence-electron chi connectivity index (χ2n) is 8.52. The largest absolute Gasteiger partial charge is 0.496 e. The number of nitrogens with zero attached hydrogens (tertiary/aromatic N) is 5. The van der Waals surface area contributed by atoms with Crippen LogP contribution in [0.15, 0.2) is 73.3 Å². The minimum atomic E-state index is -0.0473. The highest BCUT2D eigenvalue weighted by atomic mass is 16.5. The smallest absolute Gasteiger partial charge is 0.255 e. The number of hydrogen-bond donors (Lipinski definition) is 0. The van der Waals surface area contributed by atoms with Crippen molar-refractivity contribution in [1.82, 2.24) is 24.4 Å². The Morgan fingerprint density at radius 1 is 1.09 bits per heavy atom. The molecule has 1 atom stereocenters. The highest BCUT2D eigenvalue weighted by Crippen LogP contribution is 2.33.